The number of hydrogen-bond donors (Lipinski definition) is 1. The Balaban J connectivity index is 1.99. The summed E-state index contributed by atoms with van der Waals surface area (Å²) >= 11 is 2.11. The van der Waals surface area contributed by atoms with Gasteiger partial charge >= 0.3 is 0 Å². The van der Waals surface area contributed by atoms with Gasteiger partial charge in [0.25, 0.3) is 0 Å². The van der Waals surface area contributed by atoms with Crippen LogP contribution in [0.5, 0.6) is 0 Å². The Morgan fingerprint density at radius 2 is 1.94 bits per heavy atom. The molecule has 2 aliphatic rings. The van der Waals surface area contributed by atoms with Gasteiger partial charge in [-0.05, 0) is 26.7 Å². The van der Waals surface area contributed by atoms with Crippen molar-refractivity contribution in [3.8, 4) is 0 Å². The molecule has 106 valence electrons. The topological polar surface area (TPSA) is 32.5 Å². The molecule has 0 spiro atoms. The fourth-order valence-electron chi connectivity index (χ4n) is 3.36. The summed E-state index contributed by atoms with van der Waals surface area (Å²) in [5, 5.41) is 0.769. The van der Waals surface area contributed by atoms with Gasteiger partial charge in [-0.3, -0.25) is 4.90 Å². The molecule has 4 heteroatoms. The largest absolute Gasteiger partial charge is 0.329 e. The van der Waals surface area contributed by atoms with Crippen LogP contribution in [0.4, 0.5) is 0 Å². The number of piperidine rings is 1. The Bertz CT molecular complexity index is 262. The molecule has 0 aromatic rings. The minimum atomic E-state index is 0.292. The molecule has 2 N–H and O–H groups in total. The summed E-state index contributed by atoms with van der Waals surface area (Å²) in [7, 11) is 0. The zero-order chi connectivity index (χ0) is 13.2. The maximum atomic E-state index is 6.17. The monoisotopic (exact) mass is 271 g/mol. The minimum absolute atomic E-state index is 0.292. The smallest absolute Gasteiger partial charge is 0.0356 e. The Labute approximate surface area is 116 Å². The van der Waals surface area contributed by atoms with Crippen LogP contribution in [0.25, 0.3) is 0 Å². The predicted octanol–water partition coefficient (Wildman–Crippen LogP) is 1.63. The molecule has 2 rings (SSSR count). The third kappa shape index (κ3) is 3.03. The number of nitrogens with zero attached hydrogens (tertiary/aromatic N) is 2. The highest BCUT2D eigenvalue weighted by atomic mass is 32.2. The molecule has 0 aliphatic carbocycles. The van der Waals surface area contributed by atoms with Crippen molar-refractivity contribution < 1.29 is 0 Å². The molecule has 1 atom stereocenters. The quantitative estimate of drug-likeness (QED) is 0.845. The van der Waals surface area contributed by atoms with E-state index in [0.29, 0.717) is 11.6 Å². The molecule has 18 heavy (non-hydrogen) atoms. The highest BCUT2D eigenvalue weighted by Gasteiger charge is 2.40. The highest BCUT2D eigenvalue weighted by molar-refractivity contribution is 7.99. The van der Waals surface area contributed by atoms with Crippen LogP contribution in [0.2, 0.25) is 0 Å². The van der Waals surface area contributed by atoms with Crippen molar-refractivity contribution >= 4 is 11.8 Å². The normalized spacial score (nSPS) is 30.8. The number of rotatable bonds is 3. The van der Waals surface area contributed by atoms with Crippen LogP contribution in [0, 0.1) is 0 Å². The zero-order valence-electron chi connectivity index (χ0n) is 12.2. The fourth-order valence-corrected chi connectivity index (χ4v) is 4.37. The molecule has 3 nitrogen and oxygen atoms in total. The average molecular weight is 271 g/mol. The summed E-state index contributed by atoms with van der Waals surface area (Å²) in [6.45, 7) is 12.7. The Kier molecular flexibility index (Phi) is 4.98. The Morgan fingerprint density at radius 3 is 2.44 bits per heavy atom. The molecule has 0 aromatic carbocycles. The van der Waals surface area contributed by atoms with E-state index in [-0.39, 0.29) is 0 Å². The van der Waals surface area contributed by atoms with E-state index < -0.39 is 0 Å². The van der Waals surface area contributed by atoms with E-state index >= 15 is 0 Å². The number of likely N-dealkylation sites (tertiary alicyclic amines) is 1. The summed E-state index contributed by atoms with van der Waals surface area (Å²) < 4.78 is 0. The lowest BCUT2D eigenvalue weighted by molar-refractivity contribution is 0.0206. The first kappa shape index (κ1) is 14.6. The van der Waals surface area contributed by atoms with Gasteiger partial charge in [0, 0.05) is 55.3 Å². The Morgan fingerprint density at radius 1 is 1.28 bits per heavy atom. The van der Waals surface area contributed by atoms with E-state index in [9.17, 15) is 0 Å². The van der Waals surface area contributed by atoms with E-state index in [1.54, 1.807) is 0 Å². The van der Waals surface area contributed by atoms with Crippen LogP contribution < -0.4 is 5.73 Å². The first-order valence-electron chi connectivity index (χ1n) is 7.38. The van der Waals surface area contributed by atoms with Crippen molar-refractivity contribution in [3.05, 3.63) is 0 Å². The van der Waals surface area contributed by atoms with Crippen LogP contribution in [0.15, 0.2) is 0 Å². The average Bonchev–Trinajstić information content (AvgIpc) is 2.38. The lowest BCUT2D eigenvalue weighted by atomic mass is 9.85. The van der Waals surface area contributed by atoms with E-state index in [1.807, 2.05) is 0 Å². The zero-order valence-corrected chi connectivity index (χ0v) is 13.0. The van der Waals surface area contributed by atoms with Gasteiger partial charge in [-0.25, -0.2) is 0 Å². The van der Waals surface area contributed by atoms with E-state index in [2.05, 4.69) is 42.3 Å². The first-order valence-corrected chi connectivity index (χ1v) is 8.43. The molecule has 0 aromatic heterocycles. The van der Waals surface area contributed by atoms with Gasteiger partial charge in [0.1, 0.15) is 0 Å². The summed E-state index contributed by atoms with van der Waals surface area (Å²) in [5.74, 6) is 1.27. The maximum Gasteiger partial charge on any atom is 0.0356 e. The van der Waals surface area contributed by atoms with Gasteiger partial charge in [0.2, 0.25) is 0 Å². The maximum absolute atomic E-state index is 6.17. The van der Waals surface area contributed by atoms with E-state index in [1.165, 1.54) is 44.8 Å². The number of thioether (sulfide) groups is 1. The molecule has 2 fully saturated rings. The van der Waals surface area contributed by atoms with Crippen molar-refractivity contribution in [1.29, 1.82) is 0 Å². The minimum Gasteiger partial charge on any atom is -0.329 e. The number of hydrogen-bond acceptors (Lipinski definition) is 4. The summed E-state index contributed by atoms with van der Waals surface area (Å²) in [6, 6.07) is 0.677. The van der Waals surface area contributed by atoms with Crippen molar-refractivity contribution in [2.24, 2.45) is 5.73 Å². The van der Waals surface area contributed by atoms with Crippen LogP contribution in [-0.2, 0) is 0 Å². The molecule has 2 heterocycles. The molecule has 2 aliphatic heterocycles. The Hall–Kier alpha value is 0.230. The van der Waals surface area contributed by atoms with Gasteiger partial charge in [0.15, 0.2) is 0 Å². The third-order valence-corrected chi connectivity index (χ3v) is 5.89. The lowest BCUT2D eigenvalue weighted by Crippen LogP contribution is -2.62. The van der Waals surface area contributed by atoms with E-state index in [0.717, 1.165) is 11.8 Å². The lowest BCUT2D eigenvalue weighted by Gasteiger charge is -2.51. The van der Waals surface area contributed by atoms with Gasteiger partial charge in [-0.1, -0.05) is 6.92 Å². The van der Waals surface area contributed by atoms with Crippen molar-refractivity contribution in [2.45, 2.75) is 50.4 Å². The van der Waals surface area contributed by atoms with E-state index in [4.69, 9.17) is 5.73 Å². The second-order valence-corrected chi connectivity index (χ2v) is 7.73. The molecular formula is C14H29N3S. The van der Waals surface area contributed by atoms with Crippen LogP contribution in [0.3, 0.4) is 0 Å². The molecular weight excluding hydrogens is 242 g/mol. The SMILES string of the molecule is CC1CN(C2(CN)CCN(C(C)C)CC2)CCS1. The van der Waals surface area contributed by atoms with Gasteiger partial charge in [-0.15, -0.1) is 0 Å². The second kappa shape index (κ2) is 6.12. The summed E-state index contributed by atoms with van der Waals surface area (Å²) in [4.78, 5) is 5.29. The molecule has 2 saturated heterocycles. The highest BCUT2D eigenvalue weighted by Crippen LogP contribution is 2.32. The molecule has 0 radical (unpaired) electrons. The van der Waals surface area contributed by atoms with Crippen LogP contribution in [0.1, 0.15) is 33.6 Å². The molecule has 0 saturated carbocycles. The predicted molar refractivity (Wildman–Crippen MR) is 81.2 cm³/mol. The van der Waals surface area contributed by atoms with Crippen LogP contribution >= 0.6 is 11.8 Å². The van der Waals surface area contributed by atoms with Crippen LogP contribution in [-0.4, -0.2) is 65.1 Å². The van der Waals surface area contributed by atoms with Crippen molar-refractivity contribution in [2.75, 3.05) is 38.5 Å². The summed E-state index contributed by atoms with van der Waals surface area (Å²) in [6.07, 6.45) is 2.50. The number of nitrogens with two attached hydrogens (primary N) is 1. The molecule has 1 unspecified atom stereocenters. The first-order chi connectivity index (χ1) is 8.57. The fraction of sp³-hybridized carbons (Fsp3) is 1.00. The molecule has 0 bridgehead atoms. The standard InChI is InChI=1S/C14H29N3S/c1-12(2)16-6-4-14(11-15,5-7-16)17-8-9-18-13(3)10-17/h12-13H,4-11,15H2,1-3H3. The molecule has 0 amide bonds. The van der Waals surface area contributed by atoms with Gasteiger partial charge < -0.3 is 10.6 Å². The van der Waals surface area contributed by atoms with Gasteiger partial charge in [0.05, 0.1) is 0 Å². The summed E-state index contributed by atoms with van der Waals surface area (Å²) in [5.41, 5.74) is 6.46. The third-order valence-electron chi connectivity index (χ3n) is 4.75. The van der Waals surface area contributed by atoms with Gasteiger partial charge in [-0.2, -0.15) is 11.8 Å². The van der Waals surface area contributed by atoms with Crippen molar-refractivity contribution in [1.82, 2.24) is 9.80 Å². The van der Waals surface area contributed by atoms with Crippen molar-refractivity contribution in [3.63, 3.8) is 0 Å². The second-order valence-electron chi connectivity index (χ2n) is 6.19.